The Kier molecular flexibility index (Phi) is 6.42. The van der Waals surface area contributed by atoms with Gasteiger partial charge in [-0.1, -0.05) is 60.1 Å². The van der Waals surface area contributed by atoms with Gasteiger partial charge in [0, 0.05) is 29.3 Å². The number of nitrogens with zero attached hydrogens (tertiary/aromatic N) is 5. The zero-order valence-electron chi connectivity index (χ0n) is 23.3. The minimum atomic E-state index is -1.39. The van der Waals surface area contributed by atoms with E-state index < -0.39 is 66.8 Å². The lowest BCUT2D eigenvalue weighted by molar-refractivity contribution is -0.393. The molecule has 4 aromatic rings. The maximum atomic E-state index is 14.5. The minimum Gasteiger partial charge on any atom is -0.274 e. The lowest BCUT2D eigenvalue weighted by Gasteiger charge is -2.52. The minimum absolute atomic E-state index is 0.0573. The van der Waals surface area contributed by atoms with Crippen molar-refractivity contribution in [3.63, 3.8) is 0 Å². The molecule has 14 nitrogen and oxygen atoms in total. The van der Waals surface area contributed by atoms with Crippen LogP contribution in [-0.4, -0.2) is 32.8 Å². The molecule has 2 atom stereocenters. The van der Waals surface area contributed by atoms with Gasteiger partial charge in [0.15, 0.2) is 0 Å². The van der Waals surface area contributed by atoms with Gasteiger partial charge in [0.05, 0.1) is 38.1 Å². The van der Waals surface area contributed by atoms with Crippen LogP contribution in [0.5, 0.6) is 0 Å². The molecule has 2 amide bonds. The van der Waals surface area contributed by atoms with Crippen molar-refractivity contribution in [3.8, 4) is 0 Å². The Bertz CT molecular complexity index is 2040. The second kappa shape index (κ2) is 10.3. The molecule has 4 aromatic carbocycles. The fourth-order valence-corrected chi connectivity index (χ4v) is 7.37. The lowest BCUT2D eigenvalue weighted by atomic mass is 9.47. The Hall–Kier alpha value is -6.02. The molecule has 3 aliphatic carbocycles. The third kappa shape index (κ3) is 3.93. The maximum absolute atomic E-state index is 14.5. The number of anilines is 2. The van der Waals surface area contributed by atoms with E-state index >= 15 is 0 Å². The molecule has 1 N–H and O–H groups in total. The van der Waals surface area contributed by atoms with Gasteiger partial charge < -0.3 is 0 Å². The maximum Gasteiger partial charge on any atom is 0.301 e. The number of hydrogen-bond acceptors (Lipinski definition) is 10. The van der Waals surface area contributed by atoms with E-state index in [1.165, 1.54) is 18.3 Å². The Labute approximate surface area is 263 Å². The molecule has 0 aromatic heterocycles. The standard InChI is InChI=1S/C31H19ClN6O8/c32-16-9-12-23(25(13-16)38(45)46)35-29(39)27-26-18-5-1-3-7-20(18)31(28(27)30(35)40,21-8-4-2-6-19(21)26)15-33-34-22-11-10-17(36(41)42)14-24(22)37(43)44/h1-15,26-28,34H/b33-15-/t26?,27-,28+,31?/m1/s1. The number of imide groups is 1. The second-order valence-electron chi connectivity index (χ2n) is 11.0. The summed E-state index contributed by atoms with van der Waals surface area (Å²) in [6.07, 6.45) is 1.42. The zero-order valence-corrected chi connectivity index (χ0v) is 24.0. The van der Waals surface area contributed by atoms with Crippen LogP contribution in [0.3, 0.4) is 0 Å². The molecule has 1 saturated heterocycles. The number of nitro benzene ring substituents is 3. The van der Waals surface area contributed by atoms with Crippen molar-refractivity contribution in [1.82, 2.24) is 0 Å². The Morgan fingerprint density at radius 2 is 1.41 bits per heavy atom. The summed E-state index contributed by atoms with van der Waals surface area (Å²) in [6.45, 7) is 0. The number of nitrogens with one attached hydrogen (secondary N) is 1. The van der Waals surface area contributed by atoms with Gasteiger partial charge in [-0.3, -0.25) is 45.4 Å². The van der Waals surface area contributed by atoms with Gasteiger partial charge in [-0.2, -0.15) is 5.10 Å². The van der Waals surface area contributed by atoms with E-state index in [0.29, 0.717) is 11.1 Å². The number of carbonyl (C=O) groups is 2. The van der Waals surface area contributed by atoms with Crippen LogP contribution in [0.4, 0.5) is 28.4 Å². The van der Waals surface area contributed by atoms with Crippen molar-refractivity contribution in [3.05, 3.63) is 143 Å². The van der Waals surface area contributed by atoms with Crippen LogP contribution in [0, 0.1) is 42.2 Å². The van der Waals surface area contributed by atoms with Crippen LogP contribution in [-0.2, 0) is 15.0 Å². The summed E-state index contributed by atoms with van der Waals surface area (Å²) in [5.74, 6) is -3.91. The van der Waals surface area contributed by atoms with E-state index in [9.17, 15) is 39.9 Å². The van der Waals surface area contributed by atoms with Crippen molar-refractivity contribution < 1.29 is 24.4 Å². The molecule has 8 rings (SSSR count). The fraction of sp³-hybridized carbons (Fsp3) is 0.129. The normalized spacial score (nSPS) is 22.4. The zero-order chi connectivity index (χ0) is 32.5. The summed E-state index contributed by atoms with van der Waals surface area (Å²) in [4.78, 5) is 62.4. The predicted octanol–water partition coefficient (Wildman–Crippen LogP) is 5.71. The summed E-state index contributed by atoms with van der Waals surface area (Å²) in [5, 5.41) is 39.4. The number of amides is 2. The van der Waals surface area contributed by atoms with Crippen molar-refractivity contribution >= 4 is 58.1 Å². The van der Waals surface area contributed by atoms with Gasteiger partial charge in [-0.05, 0) is 40.5 Å². The molecule has 1 aliphatic heterocycles. The Morgan fingerprint density at radius 1 is 0.783 bits per heavy atom. The van der Waals surface area contributed by atoms with Gasteiger partial charge in [0.2, 0.25) is 11.8 Å². The van der Waals surface area contributed by atoms with Crippen molar-refractivity contribution in [2.45, 2.75) is 11.3 Å². The molecular formula is C31H19ClN6O8. The molecule has 0 unspecified atom stereocenters. The molecular weight excluding hydrogens is 620 g/mol. The van der Waals surface area contributed by atoms with E-state index in [-0.39, 0.29) is 16.4 Å². The van der Waals surface area contributed by atoms with Gasteiger partial charge >= 0.3 is 5.69 Å². The molecule has 0 spiro atoms. The van der Waals surface area contributed by atoms with E-state index in [1.807, 2.05) is 36.4 Å². The fourth-order valence-electron chi connectivity index (χ4n) is 7.20. The Balaban J connectivity index is 1.42. The van der Waals surface area contributed by atoms with E-state index in [1.54, 1.807) is 12.1 Å². The number of hydrogen-bond donors (Lipinski definition) is 1. The molecule has 4 aliphatic rings. The van der Waals surface area contributed by atoms with Crippen LogP contribution in [0.1, 0.15) is 28.2 Å². The molecule has 0 radical (unpaired) electrons. The van der Waals surface area contributed by atoms with Crippen LogP contribution >= 0.6 is 11.6 Å². The lowest BCUT2D eigenvalue weighted by Crippen LogP contribution is -2.54. The molecule has 15 heteroatoms. The molecule has 46 heavy (non-hydrogen) atoms. The third-order valence-corrected chi connectivity index (χ3v) is 9.14. The van der Waals surface area contributed by atoms with Gasteiger partial charge in [-0.25, -0.2) is 4.90 Å². The summed E-state index contributed by atoms with van der Waals surface area (Å²) >= 11 is 6.03. The number of hydrazone groups is 1. The monoisotopic (exact) mass is 638 g/mol. The third-order valence-electron chi connectivity index (χ3n) is 8.90. The average Bonchev–Trinajstić information content (AvgIpc) is 3.31. The van der Waals surface area contributed by atoms with Crippen LogP contribution in [0.25, 0.3) is 0 Å². The van der Waals surface area contributed by atoms with Crippen LogP contribution in [0.2, 0.25) is 5.02 Å². The number of nitro groups is 3. The summed E-state index contributed by atoms with van der Waals surface area (Å²) in [6, 6.07) is 21.3. The summed E-state index contributed by atoms with van der Waals surface area (Å²) in [5.41, 5.74) is 2.18. The van der Waals surface area contributed by atoms with Gasteiger partial charge in [-0.15, -0.1) is 0 Å². The second-order valence-corrected chi connectivity index (χ2v) is 11.4. The van der Waals surface area contributed by atoms with Crippen molar-refractivity contribution in [2.75, 3.05) is 10.3 Å². The highest BCUT2D eigenvalue weighted by Gasteiger charge is 2.68. The molecule has 1 heterocycles. The first-order valence-corrected chi connectivity index (χ1v) is 14.2. The number of halogens is 1. The molecule has 2 bridgehead atoms. The SMILES string of the molecule is O=C1[C@@H]2C3c4ccccc4C(/C=N\Nc4ccc([N+](=O)[O-])cc4[N+](=O)[O-])(c4ccccc43)[C@@H]2C(=O)N1c1ccc(Cl)cc1[N+](=O)[O-]. The quantitative estimate of drug-likeness (QED) is 0.114. The molecule has 228 valence electrons. The average molecular weight is 639 g/mol. The highest BCUT2D eigenvalue weighted by molar-refractivity contribution is 6.31. The number of rotatable bonds is 7. The first kappa shape index (κ1) is 28.7. The highest BCUT2D eigenvalue weighted by atomic mass is 35.5. The van der Waals surface area contributed by atoms with Gasteiger partial charge in [0.25, 0.3) is 11.4 Å². The van der Waals surface area contributed by atoms with Crippen LogP contribution < -0.4 is 10.3 Å². The molecule has 1 fully saturated rings. The molecule has 0 saturated carbocycles. The van der Waals surface area contributed by atoms with Gasteiger partial charge in [0.1, 0.15) is 11.4 Å². The predicted molar refractivity (Wildman–Crippen MR) is 165 cm³/mol. The van der Waals surface area contributed by atoms with E-state index in [4.69, 9.17) is 11.6 Å². The largest absolute Gasteiger partial charge is 0.301 e. The smallest absolute Gasteiger partial charge is 0.274 e. The van der Waals surface area contributed by atoms with E-state index in [2.05, 4.69) is 10.5 Å². The summed E-state index contributed by atoms with van der Waals surface area (Å²) in [7, 11) is 0. The number of non-ortho nitro benzene ring substituents is 1. The van der Waals surface area contributed by atoms with Crippen LogP contribution in [0.15, 0.2) is 90.0 Å². The Morgan fingerprint density at radius 3 is 2.02 bits per heavy atom. The summed E-state index contributed by atoms with van der Waals surface area (Å²) < 4.78 is 0. The topological polar surface area (TPSA) is 191 Å². The first-order chi connectivity index (χ1) is 22.1. The number of carbonyl (C=O) groups excluding carboxylic acids is 2. The highest BCUT2D eigenvalue weighted by Crippen LogP contribution is 2.64. The number of benzene rings is 4. The first-order valence-electron chi connectivity index (χ1n) is 13.8. The van der Waals surface area contributed by atoms with Crippen molar-refractivity contribution in [1.29, 1.82) is 0 Å². The van der Waals surface area contributed by atoms with Crippen molar-refractivity contribution in [2.24, 2.45) is 16.9 Å². The van der Waals surface area contributed by atoms with E-state index in [0.717, 1.165) is 40.3 Å².